The average molecular weight is 228 g/mol. The molecule has 96 valence electrons. The van der Waals surface area contributed by atoms with Crippen LogP contribution in [0.15, 0.2) is 0 Å². The highest BCUT2D eigenvalue weighted by atomic mass is 16.5. The van der Waals surface area contributed by atoms with Gasteiger partial charge >= 0.3 is 0 Å². The first-order valence-corrected chi connectivity index (χ1v) is 6.75. The standard InChI is InChI=1S/C14H28O2/c1-5-11(10-15)16-13-9-7-6-8-12(13)14(2,3)4/h11-13,15H,5-10H2,1-4H3. The molecule has 2 nitrogen and oxygen atoms in total. The van der Waals surface area contributed by atoms with Crippen LogP contribution in [0.3, 0.4) is 0 Å². The van der Waals surface area contributed by atoms with Crippen LogP contribution in [-0.4, -0.2) is 23.9 Å². The van der Waals surface area contributed by atoms with Crippen molar-refractivity contribution < 1.29 is 9.84 Å². The molecule has 0 spiro atoms. The molecule has 1 aliphatic carbocycles. The molecule has 0 aromatic heterocycles. The fraction of sp³-hybridized carbons (Fsp3) is 1.00. The van der Waals surface area contributed by atoms with Crippen molar-refractivity contribution in [3.8, 4) is 0 Å². The molecule has 1 aliphatic rings. The van der Waals surface area contributed by atoms with Crippen LogP contribution in [0.2, 0.25) is 0 Å². The maximum absolute atomic E-state index is 9.22. The second-order valence-electron chi connectivity index (χ2n) is 6.14. The Hall–Kier alpha value is -0.0800. The average Bonchev–Trinajstić information content (AvgIpc) is 2.25. The van der Waals surface area contributed by atoms with Crippen molar-refractivity contribution in [1.82, 2.24) is 0 Å². The van der Waals surface area contributed by atoms with E-state index in [-0.39, 0.29) is 12.7 Å². The molecule has 0 aromatic rings. The Balaban J connectivity index is 2.60. The van der Waals surface area contributed by atoms with E-state index in [1.165, 1.54) is 25.7 Å². The van der Waals surface area contributed by atoms with Gasteiger partial charge in [-0.25, -0.2) is 0 Å². The van der Waals surface area contributed by atoms with Gasteiger partial charge in [0.1, 0.15) is 0 Å². The fourth-order valence-corrected chi connectivity index (χ4v) is 2.77. The maximum Gasteiger partial charge on any atom is 0.0807 e. The number of hydrogen-bond acceptors (Lipinski definition) is 2. The monoisotopic (exact) mass is 228 g/mol. The molecule has 1 fully saturated rings. The summed E-state index contributed by atoms with van der Waals surface area (Å²) in [6, 6.07) is 0. The zero-order valence-corrected chi connectivity index (χ0v) is 11.3. The summed E-state index contributed by atoms with van der Waals surface area (Å²) in [5.41, 5.74) is 0.318. The summed E-state index contributed by atoms with van der Waals surface area (Å²) in [5, 5.41) is 9.22. The van der Waals surface area contributed by atoms with E-state index in [9.17, 15) is 5.11 Å². The molecule has 0 saturated heterocycles. The highest BCUT2D eigenvalue weighted by Gasteiger charge is 2.35. The molecule has 0 heterocycles. The van der Waals surface area contributed by atoms with Crippen LogP contribution in [0.25, 0.3) is 0 Å². The van der Waals surface area contributed by atoms with E-state index in [1.807, 2.05) is 0 Å². The Morgan fingerprint density at radius 3 is 2.38 bits per heavy atom. The van der Waals surface area contributed by atoms with E-state index < -0.39 is 0 Å². The Kier molecular flexibility index (Phi) is 5.26. The molecular formula is C14H28O2. The lowest BCUT2D eigenvalue weighted by molar-refractivity contribution is -0.101. The Labute approximate surface area is 100 Å². The topological polar surface area (TPSA) is 29.5 Å². The molecule has 0 aliphatic heterocycles. The molecular weight excluding hydrogens is 200 g/mol. The Morgan fingerprint density at radius 2 is 1.88 bits per heavy atom. The second kappa shape index (κ2) is 6.02. The minimum atomic E-state index is 0.0351. The first-order chi connectivity index (χ1) is 7.49. The zero-order chi connectivity index (χ0) is 12.2. The van der Waals surface area contributed by atoms with Gasteiger partial charge in [-0.2, -0.15) is 0 Å². The van der Waals surface area contributed by atoms with Crippen LogP contribution in [-0.2, 0) is 4.74 Å². The van der Waals surface area contributed by atoms with Gasteiger partial charge in [-0.3, -0.25) is 0 Å². The minimum Gasteiger partial charge on any atom is -0.394 e. The van der Waals surface area contributed by atoms with E-state index in [4.69, 9.17) is 4.74 Å². The van der Waals surface area contributed by atoms with Crippen molar-refractivity contribution in [2.45, 2.75) is 72.0 Å². The van der Waals surface area contributed by atoms with E-state index in [0.29, 0.717) is 17.4 Å². The van der Waals surface area contributed by atoms with Gasteiger partial charge in [-0.15, -0.1) is 0 Å². The summed E-state index contributed by atoms with van der Waals surface area (Å²) >= 11 is 0. The third kappa shape index (κ3) is 3.74. The normalized spacial score (nSPS) is 29.1. The maximum atomic E-state index is 9.22. The lowest BCUT2D eigenvalue weighted by Crippen LogP contribution is -2.39. The Bertz CT molecular complexity index is 191. The summed E-state index contributed by atoms with van der Waals surface area (Å²) in [7, 11) is 0. The first-order valence-electron chi connectivity index (χ1n) is 6.75. The third-order valence-electron chi connectivity index (χ3n) is 3.84. The minimum absolute atomic E-state index is 0.0351. The number of ether oxygens (including phenoxy) is 1. The van der Waals surface area contributed by atoms with Crippen molar-refractivity contribution in [3.63, 3.8) is 0 Å². The molecule has 1 N–H and O–H groups in total. The molecule has 0 aromatic carbocycles. The molecule has 3 atom stereocenters. The van der Waals surface area contributed by atoms with E-state index in [0.717, 1.165) is 6.42 Å². The summed E-state index contributed by atoms with van der Waals surface area (Å²) in [5.74, 6) is 0.641. The van der Waals surface area contributed by atoms with Gasteiger partial charge in [0.2, 0.25) is 0 Å². The molecule has 0 bridgehead atoms. The largest absolute Gasteiger partial charge is 0.394 e. The molecule has 1 rings (SSSR count). The predicted molar refractivity (Wildman–Crippen MR) is 67.5 cm³/mol. The lowest BCUT2D eigenvalue weighted by atomic mass is 9.70. The summed E-state index contributed by atoms with van der Waals surface area (Å²) < 4.78 is 6.08. The van der Waals surface area contributed by atoms with E-state index >= 15 is 0 Å². The van der Waals surface area contributed by atoms with Crippen LogP contribution < -0.4 is 0 Å². The van der Waals surface area contributed by atoms with Crippen molar-refractivity contribution in [1.29, 1.82) is 0 Å². The highest BCUT2D eigenvalue weighted by Crippen LogP contribution is 2.39. The Morgan fingerprint density at radius 1 is 1.25 bits per heavy atom. The summed E-state index contributed by atoms with van der Waals surface area (Å²) in [6.45, 7) is 9.15. The smallest absolute Gasteiger partial charge is 0.0807 e. The number of aliphatic hydroxyl groups is 1. The van der Waals surface area contributed by atoms with Crippen molar-refractivity contribution in [3.05, 3.63) is 0 Å². The zero-order valence-electron chi connectivity index (χ0n) is 11.3. The summed E-state index contributed by atoms with van der Waals surface area (Å²) in [4.78, 5) is 0. The molecule has 16 heavy (non-hydrogen) atoms. The molecule has 3 unspecified atom stereocenters. The number of aliphatic hydroxyl groups excluding tert-OH is 1. The predicted octanol–water partition coefficient (Wildman–Crippen LogP) is 3.38. The van der Waals surface area contributed by atoms with Crippen LogP contribution in [0.4, 0.5) is 0 Å². The van der Waals surface area contributed by atoms with Gasteiger partial charge < -0.3 is 9.84 Å². The van der Waals surface area contributed by atoms with Gasteiger partial charge in [0, 0.05) is 0 Å². The molecule has 0 amide bonds. The van der Waals surface area contributed by atoms with Gasteiger partial charge in [0.15, 0.2) is 0 Å². The highest BCUT2D eigenvalue weighted by molar-refractivity contribution is 4.85. The van der Waals surface area contributed by atoms with Gasteiger partial charge in [0.25, 0.3) is 0 Å². The third-order valence-corrected chi connectivity index (χ3v) is 3.84. The van der Waals surface area contributed by atoms with E-state index in [2.05, 4.69) is 27.7 Å². The van der Waals surface area contributed by atoms with Gasteiger partial charge in [-0.05, 0) is 30.6 Å². The van der Waals surface area contributed by atoms with Crippen LogP contribution in [0.5, 0.6) is 0 Å². The van der Waals surface area contributed by atoms with Crippen molar-refractivity contribution in [2.75, 3.05) is 6.61 Å². The quantitative estimate of drug-likeness (QED) is 0.799. The van der Waals surface area contributed by atoms with Crippen LogP contribution >= 0.6 is 0 Å². The van der Waals surface area contributed by atoms with E-state index in [1.54, 1.807) is 0 Å². The SMILES string of the molecule is CCC(CO)OC1CCCCC1C(C)(C)C. The summed E-state index contributed by atoms with van der Waals surface area (Å²) in [6.07, 6.45) is 6.34. The van der Waals surface area contributed by atoms with Gasteiger partial charge in [0.05, 0.1) is 18.8 Å². The molecule has 2 heteroatoms. The molecule has 0 radical (unpaired) electrons. The first kappa shape index (κ1) is 14.0. The second-order valence-corrected chi connectivity index (χ2v) is 6.14. The lowest BCUT2D eigenvalue weighted by Gasteiger charge is -2.41. The molecule has 1 saturated carbocycles. The van der Waals surface area contributed by atoms with Crippen molar-refractivity contribution >= 4 is 0 Å². The van der Waals surface area contributed by atoms with Crippen molar-refractivity contribution in [2.24, 2.45) is 11.3 Å². The van der Waals surface area contributed by atoms with Crippen LogP contribution in [0, 0.1) is 11.3 Å². The number of hydrogen-bond donors (Lipinski definition) is 1. The van der Waals surface area contributed by atoms with Gasteiger partial charge in [-0.1, -0.05) is 40.5 Å². The number of rotatable bonds is 4. The van der Waals surface area contributed by atoms with Crippen LogP contribution in [0.1, 0.15) is 59.8 Å². The fourth-order valence-electron chi connectivity index (χ4n) is 2.77.